The minimum Gasteiger partial charge on any atom is -0.297 e. The van der Waals surface area contributed by atoms with Crippen LogP contribution in [0.25, 0.3) is 6.20 Å². The molecule has 1 aromatic carbocycles. The second kappa shape index (κ2) is 7.74. The predicted molar refractivity (Wildman–Crippen MR) is 103 cm³/mol. The smallest absolute Gasteiger partial charge is 0.242 e. The Morgan fingerprint density at radius 2 is 1.85 bits per heavy atom. The first-order valence-electron chi connectivity index (χ1n) is 9.18. The Morgan fingerprint density at radius 3 is 2.59 bits per heavy atom. The van der Waals surface area contributed by atoms with E-state index in [1.54, 1.807) is 15.8 Å². The second-order valence-corrected chi connectivity index (χ2v) is 6.87. The topological polar surface area (TPSA) is 68.4 Å². The fraction of sp³-hybridized carbons (Fsp3) is 0.350. The largest absolute Gasteiger partial charge is 0.297 e. The van der Waals surface area contributed by atoms with Gasteiger partial charge in [0.05, 0.1) is 12.7 Å². The van der Waals surface area contributed by atoms with Crippen molar-refractivity contribution in [1.29, 1.82) is 5.26 Å². The quantitative estimate of drug-likeness (QED) is 0.822. The molecule has 0 radical (unpaired) electrons. The van der Waals surface area contributed by atoms with Crippen LogP contribution in [0.4, 0.5) is 5.82 Å². The lowest BCUT2D eigenvalue weighted by Crippen LogP contribution is -2.50. The van der Waals surface area contributed by atoms with Gasteiger partial charge in [0.15, 0.2) is 5.82 Å². The van der Waals surface area contributed by atoms with Crippen molar-refractivity contribution in [2.45, 2.75) is 6.54 Å². The van der Waals surface area contributed by atoms with E-state index in [4.69, 9.17) is 0 Å². The maximum atomic E-state index is 12.9. The third-order valence-electron chi connectivity index (χ3n) is 5.05. The molecule has 0 atom stereocenters. The first-order valence-corrected chi connectivity index (χ1v) is 9.18. The summed E-state index contributed by atoms with van der Waals surface area (Å²) in [5.74, 6) is 0.585. The summed E-state index contributed by atoms with van der Waals surface area (Å²) in [7, 11) is 0. The molecule has 2 aromatic rings. The number of anilines is 1. The molecule has 0 bridgehead atoms. The fourth-order valence-electron chi connectivity index (χ4n) is 3.60. The van der Waals surface area contributed by atoms with E-state index in [-0.39, 0.29) is 5.91 Å². The zero-order valence-corrected chi connectivity index (χ0v) is 15.2. The van der Waals surface area contributed by atoms with Crippen LogP contribution in [0.5, 0.6) is 0 Å². The summed E-state index contributed by atoms with van der Waals surface area (Å²) < 4.78 is 1.59. The molecule has 2 aliphatic heterocycles. The summed E-state index contributed by atoms with van der Waals surface area (Å²) in [6, 6.07) is 12.6. The molecule has 0 aliphatic carbocycles. The van der Waals surface area contributed by atoms with Crippen molar-refractivity contribution < 1.29 is 4.79 Å². The van der Waals surface area contributed by atoms with Crippen LogP contribution in [0, 0.1) is 11.3 Å². The van der Waals surface area contributed by atoms with E-state index in [9.17, 15) is 10.1 Å². The van der Waals surface area contributed by atoms with Crippen LogP contribution in [0.3, 0.4) is 0 Å². The van der Waals surface area contributed by atoms with E-state index in [1.807, 2.05) is 12.1 Å². The number of carbonyl (C=O) groups is 1. The van der Waals surface area contributed by atoms with Crippen molar-refractivity contribution >= 4 is 17.9 Å². The number of hydrogen-bond acceptors (Lipinski definition) is 5. The molecule has 0 saturated carbocycles. The Balaban J connectivity index is 1.33. The highest BCUT2D eigenvalue weighted by Crippen LogP contribution is 2.23. The zero-order chi connectivity index (χ0) is 18.6. The van der Waals surface area contributed by atoms with Gasteiger partial charge in [0.25, 0.3) is 0 Å². The average molecular weight is 362 g/mol. The molecular formula is C20H22N6O. The Kier molecular flexibility index (Phi) is 5.01. The first-order chi connectivity index (χ1) is 13.2. The van der Waals surface area contributed by atoms with Crippen LogP contribution in [0.1, 0.15) is 11.1 Å². The van der Waals surface area contributed by atoms with E-state index in [1.165, 1.54) is 11.8 Å². The molecule has 4 rings (SSSR count). The van der Waals surface area contributed by atoms with E-state index in [0.29, 0.717) is 24.5 Å². The Labute approximate surface area is 158 Å². The number of nitrogens with zero attached hydrogens (tertiary/aromatic N) is 6. The van der Waals surface area contributed by atoms with Gasteiger partial charge in [-0.2, -0.15) is 10.4 Å². The lowest BCUT2D eigenvalue weighted by molar-refractivity contribution is -0.120. The van der Waals surface area contributed by atoms with Gasteiger partial charge in [-0.25, -0.2) is 4.68 Å². The molecule has 1 fully saturated rings. The van der Waals surface area contributed by atoms with Crippen molar-refractivity contribution in [1.82, 2.24) is 19.6 Å². The minimum absolute atomic E-state index is 0.00843. The summed E-state index contributed by atoms with van der Waals surface area (Å²) in [4.78, 5) is 19.1. The number of fused-ring (bicyclic) bond motifs is 1. The van der Waals surface area contributed by atoms with Crippen molar-refractivity contribution in [2.75, 3.05) is 44.2 Å². The molecule has 27 heavy (non-hydrogen) atoms. The van der Waals surface area contributed by atoms with Gasteiger partial charge in [-0.15, -0.1) is 0 Å². The van der Waals surface area contributed by atoms with Crippen LogP contribution >= 0.6 is 0 Å². The molecule has 1 aromatic heterocycles. The van der Waals surface area contributed by atoms with Crippen LogP contribution in [0.15, 0.2) is 42.6 Å². The molecular weight excluding hydrogens is 340 g/mol. The van der Waals surface area contributed by atoms with Crippen LogP contribution < -0.4 is 4.90 Å². The highest BCUT2D eigenvalue weighted by Gasteiger charge is 2.27. The molecule has 138 valence electrons. The second-order valence-electron chi connectivity index (χ2n) is 6.87. The number of hydrogen-bond donors (Lipinski definition) is 0. The molecule has 0 spiro atoms. The van der Waals surface area contributed by atoms with Crippen molar-refractivity contribution in [3.8, 4) is 6.07 Å². The molecule has 2 aliphatic rings. The summed E-state index contributed by atoms with van der Waals surface area (Å²) in [5.41, 5.74) is 1.75. The van der Waals surface area contributed by atoms with E-state index in [0.717, 1.165) is 32.7 Å². The molecule has 3 heterocycles. The number of benzene rings is 1. The molecule has 7 nitrogen and oxygen atoms in total. The summed E-state index contributed by atoms with van der Waals surface area (Å²) in [5, 5.41) is 13.4. The molecule has 1 amide bonds. The SMILES string of the molecule is N#Cc1cnn2c1N(C(=O)CN1CCN(Cc3ccccc3)CC1)CC=C2. The maximum absolute atomic E-state index is 12.9. The molecule has 1 saturated heterocycles. The van der Waals surface area contributed by atoms with Crippen LogP contribution in [-0.4, -0.2) is 64.8 Å². The summed E-state index contributed by atoms with van der Waals surface area (Å²) in [6.07, 6.45) is 5.19. The lowest BCUT2D eigenvalue weighted by Gasteiger charge is -2.35. The molecule has 0 N–H and O–H groups in total. The van der Waals surface area contributed by atoms with Crippen molar-refractivity contribution in [3.63, 3.8) is 0 Å². The Hall–Kier alpha value is -2.95. The van der Waals surface area contributed by atoms with Gasteiger partial charge in [-0.3, -0.25) is 19.5 Å². The van der Waals surface area contributed by atoms with Gasteiger partial charge in [-0.05, 0) is 11.6 Å². The van der Waals surface area contributed by atoms with E-state index >= 15 is 0 Å². The van der Waals surface area contributed by atoms with Gasteiger partial charge >= 0.3 is 0 Å². The van der Waals surface area contributed by atoms with E-state index < -0.39 is 0 Å². The average Bonchev–Trinajstić information content (AvgIpc) is 3.13. The number of amides is 1. The summed E-state index contributed by atoms with van der Waals surface area (Å²) >= 11 is 0. The van der Waals surface area contributed by atoms with E-state index in [2.05, 4.69) is 45.2 Å². The van der Waals surface area contributed by atoms with Crippen LogP contribution in [-0.2, 0) is 11.3 Å². The summed E-state index contributed by atoms with van der Waals surface area (Å²) in [6.45, 7) is 5.42. The Bertz CT molecular complexity index is 874. The maximum Gasteiger partial charge on any atom is 0.242 e. The fourth-order valence-corrected chi connectivity index (χ4v) is 3.60. The monoisotopic (exact) mass is 362 g/mol. The molecule has 7 heteroatoms. The van der Waals surface area contributed by atoms with Gasteiger partial charge < -0.3 is 0 Å². The highest BCUT2D eigenvalue weighted by atomic mass is 16.2. The standard InChI is InChI=1S/C20H22N6O/c21-13-18-14-22-26-8-4-7-25(20(18)26)19(27)16-24-11-9-23(10-12-24)15-17-5-2-1-3-6-17/h1-6,8,14H,7,9-12,15-16H2. The van der Waals surface area contributed by atoms with Gasteiger partial charge in [0, 0.05) is 45.5 Å². The first kappa shape index (κ1) is 17.5. The Morgan fingerprint density at radius 1 is 1.11 bits per heavy atom. The third kappa shape index (κ3) is 3.77. The number of carbonyl (C=O) groups excluding carboxylic acids is 1. The van der Waals surface area contributed by atoms with Crippen molar-refractivity contribution in [2.24, 2.45) is 0 Å². The molecule has 0 unspecified atom stereocenters. The van der Waals surface area contributed by atoms with Crippen LogP contribution in [0.2, 0.25) is 0 Å². The number of aromatic nitrogens is 2. The van der Waals surface area contributed by atoms with Gasteiger partial charge in [-0.1, -0.05) is 30.3 Å². The zero-order valence-electron chi connectivity index (χ0n) is 15.2. The van der Waals surface area contributed by atoms with Gasteiger partial charge in [0.2, 0.25) is 5.91 Å². The normalized spacial score (nSPS) is 17.5. The lowest BCUT2D eigenvalue weighted by atomic mass is 10.2. The van der Waals surface area contributed by atoms with Gasteiger partial charge in [0.1, 0.15) is 11.6 Å². The minimum atomic E-state index is 0.00843. The third-order valence-corrected chi connectivity index (χ3v) is 5.05. The predicted octanol–water partition coefficient (Wildman–Crippen LogP) is 1.39. The number of piperazine rings is 1. The highest BCUT2D eigenvalue weighted by molar-refractivity contribution is 5.96. The number of nitriles is 1. The number of rotatable bonds is 4. The van der Waals surface area contributed by atoms with Crippen molar-refractivity contribution in [3.05, 3.63) is 53.7 Å².